The van der Waals surface area contributed by atoms with Crippen molar-refractivity contribution in [1.29, 1.82) is 0 Å². The van der Waals surface area contributed by atoms with Gasteiger partial charge in [-0.3, -0.25) is 14.9 Å². The van der Waals surface area contributed by atoms with Gasteiger partial charge in [0.2, 0.25) is 0 Å². The minimum Gasteiger partial charge on any atom is -0.508 e. The van der Waals surface area contributed by atoms with Gasteiger partial charge < -0.3 is 10.4 Å². The zero-order valence-corrected chi connectivity index (χ0v) is 11.5. The summed E-state index contributed by atoms with van der Waals surface area (Å²) in [5.41, 5.74) is 1.05. The quantitative estimate of drug-likeness (QED) is 0.657. The van der Waals surface area contributed by atoms with Crippen LogP contribution in [-0.4, -0.2) is 15.9 Å². The Hall–Kier alpha value is -2.54. The van der Waals surface area contributed by atoms with Crippen LogP contribution in [0.15, 0.2) is 47.4 Å². The van der Waals surface area contributed by atoms with Crippen molar-refractivity contribution in [3.8, 4) is 5.75 Å². The molecular weight excluding hydrogens is 292 g/mol. The SMILES string of the molecule is O=C1NC(c2ccc(O)cc2)Sc2ccc([N+](=O)[O-])cc21. The van der Waals surface area contributed by atoms with E-state index in [1.54, 1.807) is 30.3 Å². The number of rotatable bonds is 2. The molecule has 7 heteroatoms. The second-order valence-corrected chi connectivity index (χ2v) is 5.65. The number of nitro groups is 1. The van der Waals surface area contributed by atoms with Crippen molar-refractivity contribution in [1.82, 2.24) is 5.32 Å². The first-order valence-corrected chi connectivity index (χ1v) is 6.97. The maximum Gasteiger partial charge on any atom is 0.270 e. The van der Waals surface area contributed by atoms with Crippen LogP contribution in [-0.2, 0) is 0 Å². The van der Waals surface area contributed by atoms with Crippen LogP contribution in [0.3, 0.4) is 0 Å². The number of phenols is 1. The number of carbonyl (C=O) groups excluding carboxylic acids is 1. The molecule has 0 saturated carbocycles. The van der Waals surface area contributed by atoms with Gasteiger partial charge >= 0.3 is 0 Å². The molecule has 106 valence electrons. The van der Waals surface area contributed by atoms with E-state index >= 15 is 0 Å². The number of thioether (sulfide) groups is 1. The summed E-state index contributed by atoms with van der Waals surface area (Å²) >= 11 is 1.40. The van der Waals surface area contributed by atoms with Crippen molar-refractivity contribution >= 4 is 23.4 Å². The molecule has 6 nitrogen and oxygen atoms in total. The van der Waals surface area contributed by atoms with E-state index in [9.17, 15) is 20.0 Å². The standard InChI is InChI=1S/C14H10N2O4S/c17-10-4-1-8(2-5-10)14-15-13(18)11-7-9(16(19)20)3-6-12(11)21-14/h1-7,14,17H,(H,15,18). The van der Waals surface area contributed by atoms with Gasteiger partial charge in [0.15, 0.2) is 0 Å². The van der Waals surface area contributed by atoms with E-state index in [1.165, 1.54) is 23.9 Å². The molecule has 1 aliphatic rings. The number of nitrogens with one attached hydrogen (secondary N) is 1. The highest BCUT2D eigenvalue weighted by Gasteiger charge is 2.27. The van der Waals surface area contributed by atoms with Gasteiger partial charge in [-0.25, -0.2) is 0 Å². The first kappa shape index (κ1) is 13.4. The number of nitro benzene ring substituents is 1. The Kier molecular flexibility index (Phi) is 3.26. The first-order valence-electron chi connectivity index (χ1n) is 6.09. The maximum absolute atomic E-state index is 12.1. The summed E-state index contributed by atoms with van der Waals surface area (Å²) in [7, 11) is 0. The number of benzene rings is 2. The highest BCUT2D eigenvalue weighted by atomic mass is 32.2. The number of aromatic hydroxyl groups is 1. The van der Waals surface area contributed by atoms with Gasteiger partial charge in [-0.05, 0) is 23.8 Å². The molecule has 0 radical (unpaired) electrons. The van der Waals surface area contributed by atoms with E-state index < -0.39 is 4.92 Å². The van der Waals surface area contributed by atoms with Crippen molar-refractivity contribution in [2.24, 2.45) is 0 Å². The number of hydrogen-bond acceptors (Lipinski definition) is 5. The molecule has 1 amide bonds. The summed E-state index contributed by atoms with van der Waals surface area (Å²) in [4.78, 5) is 23.0. The number of fused-ring (bicyclic) bond motifs is 1. The summed E-state index contributed by atoms with van der Waals surface area (Å²) < 4.78 is 0. The molecular formula is C14H10N2O4S. The molecule has 1 atom stereocenters. The van der Waals surface area contributed by atoms with Gasteiger partial charge in [-0.2, -0.15) is 0 Å². The van der Waals surface area contributed by atoms with Crippen molar-refractivity contribution in [2.75, 3.05) is 0 Å². The fourth-order valence-corrected chi connectivity index (χ4v) is 3.20. The van der Waals surface area contributed by atoms with Crippen LogP contribution in [0, 0.1) is 10.1 Å². The zero-order chi connectivity index (χ0) is 15.0. The molecule has 0 aliphatic carbocycles. The Morgan fingerprint density at radius 1 is 1.19 bits per heavy atom. The van der Waals surface area contributed by atoms with E-state index in [-0.39, 0.29) is 22.7 Å². The summed E-state index contributed by atoms with van der Waals surface area (Å²) in [6.45, 7) is 0. The topological polar surface area (TPSA) is 92.5 Å². The second-order valence-electron chi connectivity index (χ2n) is 4.50. The first-order chi connectivity index (χ1) is 10.0. The van der Waals surface area contributed by atoms with Crippen LogP contribution in [0.4, 0.5) is 5.69 Å². The molecule has 1 unspecified atom stereocenters. The summed E-state index contributed by atoms with van der Waals surface area (Å²) in [5, 5.41) is 22.6. The largest absolute Gasteiger partial charge is 0.508 e. The van der Waals surface area contributed by atoms with Crippen LogP contribution in [0.25, 0.3) is 0 Å². The minimum atomic E-state index is -0.524. The molecule has 0 aromatic heterocycles. The predicted molar refractivity (Wildman–Crippen MR) is 77.3 cm³/mol. The Morgan fingerprint density at radius 2 is 1.90 bits per heavy atom. The van der Waals surface area contributed by atoms with Crippen LogP contribution in [0.5, 0.6) is 5.75 Å². The second kappa shape index (κ2) is 5.10. The highest BCUT2D eigenvalue weighted by molar-refractivity contribution is 7.99. The Balaban J connectivity index is 1.94. The third-order valence-electron chi connectivity index (χ3n) is 3.12. The minimum absolute atomic E-state index is 0.104. The molecule has 0 saturated heterocycles. The Bertz CT molecular complexity index is 730. The van der Waals surface area contributed by atoms with Gasteiger partial charge in [-0.1, -0.05) is 23.9 Å². The Morgan fingerprint density at radius 3 is 2.57 bits per heavy atom. The fourth-order valence-electron chi connectivity index (χ4n) is 2.07. The van der Waals surface area contributed by atoms with E-state index in [1.807, 2.05) is 0 Å². The lowest BCUT2D eigenvalue weighted by Gasteiger charge is -2.25. The average Bonchev–Trinajstić information content (AvgIpc) is 2.47. The lowest BCUT2D eigenvalue weighted by Crippen LogP contribution is -2.30. The average molecular weight is 302 g/mol. The molecule has 2 N–H and O–H groups in total. The third kappa shape index (κ3) is 2.55. The van der Waals surface area contributed by atoms with Gasteiger partial charge in [0.25, 0.3) is 11.6 Å². The molecule has 21 heavy (non-hydrogen) atoms. The van der Waals surface area contributed by atoms with Gasteiger partial charge in [-0.15, -0.1) is 0 Å². The van der Waals surface area contributed by atoms with Crippen molar-refractivity contribution in [2.45, 2.75) is 10.3 Å². The van der Waals surface area contributed by atoms with E-state index in [0.29, 0.717) is 10.5 Å². The van der Waals surface area contributed by atoms with Crippen LogP contribution < -0.4 is 5.32 Å². The van der Waals surface area contributed by atoms with Crippen molar-refractivity contribution in [3.63, 3.8) is 0 Å². The highest BCUT2D eigenvalue weighted by Crippen LogP contribution is 2.40. The Labute approximate surface area is 123 Å². The summed E-state index contributed by atoms with van der Waals surface area (Å²) in [6.07, 6.45) is 0. The molecule has 0 fully saturated rings. The van der Waals surface area contributed by atoms with Gasteiger partial charge in [0, 0.05) is 17.0 Å². The molecule has 1 aliphatic heterocycles. The molecule has 0 bridgehead atoms. The number of hydrogen-bond donors (Lipinski definition) is 2. The third-order valence-corrected chi connectivity index (χ3v) is 4.36. The van der Waals surface area contributed by atoms with Crippen molar-refractivity contribution in [3.05, 3.63) is 63.7 Å². The monoisotopic (exact) mass is 302 g/mol. The molecule has 0 spiro atoms. The molecule has 2 aromatic carbocycles. The summed E-state index contributed by atoms with van der Waals surface area (Å²) in [5.74, 6) is -0.188. The zero-order valence-electron chi connectivity index (χ0n) is 10.6. The van der Waals surface area contributed by atoms with Crippen molar-refractivity contribution < 1.29 is 14.8 Å². The maximum atomic E-state index is 12.1. The summed E-state index contributed by atoms with van der Waals surface area (Å²) in [6, 6.07) is 10.8. The number of non-ortho nitro benzene ring substituents is 1. The number of carbonyl (C=O) groups is 1. The lowest BCUT2D eigenvalue weighted by molar-refractivity contribution is -0.384. The number of nitrogens with zero attached hydrogens (tertiary/aromatic N) is 1. The van der Waals surface area contributed by atoms with E-state index in [4.69, 9.17) is 0 Å². The molecule has 1 heterocycles. The van der Waals surface area contributed by atoms with Gasteiger partial charge in [0.05, 0.1) is 10.5 Å². The van der Waals surface area contributed by atoms with Crippen LogP contribution in [0.1, 0.15) is 21.3 Å². The molecule has 2 aromatic rings. The predicted octanol–water partition coefficient (Wildman–Crippen LogP) is 2.83. The van der Waals surface area contributed by atoms with Crippen LogP contribution >= 0.6 is 11.8 Å². The normalized spacial score (nSPS) is 17.0. The number of amides is 1. The van der Waals surface area contributed by atoms with Gasteiger partial charge in [0.1, 0.15) is 11.1 Å². The number of phenolic OH excluding ortho intramolecular Hbond substituents is 1. The fraction of sp³-hybridized carbons (Fsp3) is 0.0714. The smallest absolute Gasteiger partial charge is 0.270 e. The van der Waals surface area contributed by atoms with E-state index in [2.05, 4.69) is 5.32 Å². The van der Waals surface area contributed by atoms with E-state index in [0.717, 1.165) is 5.56 Å². The molecule has 3 rings (SSSR count). The lowest BCUT2D eigenvalue weighted by atomic mass is 10.1. The van der Waals surface area contributed by atoms with Crippen LogP contribution in [0.2, 0.25) is 0 Å².